The maximum Gasteiger partial charge on any atom is 0.315 e. The molecule has 1 N–H and O–H groups in total. The summed E-state index contributed by atoms with van der Waals surface area (Å²) < 4.78 is 5.07. The molecule has 0 fully saturated rings. The van der Waals surface area contributed by atoms with Crippen molar-refractivity contribution in [1.82, 2.24) is 0 Å². The molecule has 6 heteroatoms. The summed E-state index contributed by atoms with van der Waals surface area (Å²) in [6, 6.07) is 9.79. The number of carbonyl (C=O) groups is 2. The topological polar surface area (TPSA) is 67.5 Å². The number of hydrogen-bond donors (Lipinski definition) is 1. The number of rotatable bonds is 6. The normalized spacial score (nSPS) is 11.3. The van der Waals surface area contributed by atoms with Crippen LogP contribution in [0.1, 0.15) is 21.7 Å². The Balaban J connectivity index is 2.34. The predicted octanol–water partition coefficient (Wildman–Crippen LogP) is 3.62. The highest BCUT2D eigenvalue weighted by Crippen LogP contribution is 2.30. The lowest BCUT2D eigenvalue weighted by Crippen LogP contribution is -2.39. The van der Waals surface area contributed by atoms with Crippen LogP contribution < -0.4 is 0 Å². The standard InChI is InChI=1S/C15H12Br2O4/c16-8-15(9-17,14(19)20)11-5-3-10(4-6-11)13(18)12-2-1-7-21-12/h1-7H,8-9H2,(H,19,20). The van der Waals surface area contributed by atoms with Crippen LogP contribution in [0.25, 0.3) is 0 Å². The first-order valence-electron chi connectivity index (χ1n) is 6.09. The highest BCUT2D eigenvalue weighted by Gasteiger charge is 2.38. The van der Waals surface area contributed by atoms with E-state index in [1.165, 1.54) is 6.26 Å². The van der Waals surface area contributed by atoms with E-state index in [0.717, 1.165) is 0 Å². The Morgan fingerprint density at radius 1 is 1.10 bits per heavy atom. The zero-order chi connectivity index (χ0) is 15.5. The second-order valence-electron chi connectivity index (χ2n) is 4.54. The van der Waals surface area contributed by atoms with Crippen LogP contribution in [0.5, 0.6) is 0 Å². The third-order valence-corrected chi connectivity index (χ3v) is 5.22. The number of ketones is 1. The maximum atomic E-state index is 12.1. The first-order chi connectivity index (χ1) is 10.0. The number of alkyl halides is 2. The summed E-state index contributed by atoms with van der Waals surface area (Å²) in [6.45, 7) is 0. The molecule has 0 aliphatic rings. The Morgan fingerprint density at radius 3 is 2.14 bits per heavy atom. The smallest absolute Gasteiger partial charge is 0.315 e. The lowest BCUT2D eigenvalue weighted by molar-refractivity contribution is -0.141. The van der Waals surface area contributed by atoms with E-state index < -0.39 is 11.4 Å². The SMILES string of the molecule is O=C(c1ccc(C(CBr)(CBr)C(=O)O)cc1)c1ccco1. The molecule has 1 heterocycles. The summed E-state index contributed by atoms with van der Waals surface area (Å²) >= 11 is 6.51. The van der Waals surface area contributed by atoms with Gasteiger partial charge in [0.05, 0.1) is 6.26 Å². The number of furan rings is 1. The van der Waals surface area contributed by atoms with Crippen molar-refractivity contribution in [3.8, 4) is 0 Å². The molecule has 0 atom stereocenters. The van der Waals surface area contributed by atoms with Crippen LogP contribution in [0.2, 0.25) is 0 Å². The zero-order valence-electron chi connectivity index (χ0n) is 10.9. The van der Waals surface area contributed by atoms with Crippen LogP contribution in [0.3, 0.4) is 0 Å². The molecule has 2 aromatic rings. The van der Waals surface area contributed by atoms with E-state index in [-0.39, 0.29) is 22.2 Å². The maximum absolute atomic E-state index is 12.1. The second kappa shape index (κ2) is 6.58. The van der Waals surface area contributed by atoms with Crippen molar-refractivity contribution in [3.63, 3.8) is 0 Å². The number of hydrogen-bond acceptors (Lipinski definition) is 3. The number of carboxylic acids is 1. The van der Waals surface area contributed by atoms with Crippen LogP contribution in [0.4, 0.5) is 0 Å². The fourth-order valence-corrected chi connectivity index (χ4v) is 3.97. The molecule has 0 bridgehead atoms. The Morgan fingerprint density at radius 2 is 1.71 bits per heavy atom. The third kappa shape index (κ3) is 2.96. The van der Waals surface area contributed by atoms with Crippen LogP contribution in [-0.2, 0) is 10.2 Å². The van der Waals surface area contributed by atoms with Gasteiger partial charge in [0.25, 0.3) is 0 Å². The van der Waals surface area contributed by atoms with Gasteiger partial charge in [-0.3, -0.25) is 9.59 Å². The minimum atomic E-state index is -1.06. The Bertz CT molecular complexity index is 628. The van der Waals surface area contributed by atoms with Crippen LogP contribution in [0, 0.1) is 0 Å². The number of carboxylic acid groups (broad SMARTS) is 1. The predicted molar refractivity (Wildman–Crippen MR) is 85.5 cm³/mol. The van der Waals surface area contributed by atoms with E-state index in [4.69, 9.17) is 4.42 Å². The fraction of sp³-hybridized carbons (Fsp3) is 0.200. The van der Waals surface area contributed by atoms with E-state index in [2.05, 4.69) is 31.9 Å². The molecule has 21 heavy (non-hydrogen) atoms. The summed E-state index contributed by atoms with van der Waals surface area (Å²) in [5.74, 6) is -0.903. The van der Waals surface area contributed by atoms with Crippen molar-refractivity contribution in [1.29, 1.82) is 0 Å². The van der Waals surface area contributed by atoms with Crippen molar-refractivity contribution in [2.24, 2.45) is 0 Å². The molecule has 1 aromatic carbocycles. The minimum absolute atomic E-state index is 0.231. The van der Waals surface area contributed by atoms with Crippen molar-refractivity contribution in [2.45, 2.75) is 5.41 Å². The van der Waals surface area contributed by atoms with Gasteiger partial charge < -0.3 is 9.52 Å². The molecule has 4 nitrogen and oxygen atoms in total. The van der Waals surface area contributed by atoms with E-state index >= 15 is 0 Å². The third-order valence-electron chi connectivity index (χ3n) is 3.31. The van der Waals surface area contributed by atoms with E-state index in [9.17, 15) is 14.7 Å². The second-order valence-corrected chi connectivity index (χ2v) is 5.66. The van der Waals surface area contributed by atoms with Gasteiger partial charge in [0, 0.05) is 16.2 Å². The summed E-state index contributed by atoms with van der Waals surface area (Å²) in [7, 11) is 0. The first-order valence-corrected chi connectivity index (χ1v) is 8.33. The summed E-state index contributed by atoms with van der Waals surface area (Å²) in [6.07, 6.45) is 1.44. The zero-order valence-corrected chi connectivity index (χ0v) is 14.1. The number of carbonyl (C=O) groups excluding carboxylic acids is 1. The molecule has 0 saturated heterocycles. The highest BCUT2D eigenvalue weighted by molar-refractivity contribution is 9.09. The van der Waals surface area contributed by atoms with Gasteiger partial charge in [0.1, 0.15) is 5.41 Å². The van der Waals surface area contributed by atoms with Gasteiger partial charge >= 0.3 is 5.97 Å². The fourth-order valence-electron chi connectivity index (χ4n) is 1.92. The average Bonchev–Trinajstić information content (AvgIpc) is 3.03. The quantitative estimate of drug-likeness (QED) is 0.577. The lowest BCUT2D eigenvalue weighted by atomic mass is 9.84. The number of benzene rings is 1. The molecule has 0 amide bonds. The average molecular weight is 416 g/mol. The van der Waals surface area contributed by atoms with Gasteiger partial charge in [0.15, 0.2) is 5.76 Å². The van der Waals surface area contributed by atoms with Crippen molar-refractivity contribution >= 4 is 43.6 Å². The van der Waals surface area contributed by atoms with Crippen molar-refractivity contribution in [3.05, 3.63) is 59.5 Å². The van der Waals surface area contributed by atoms with Crippen LogP contribution in [-0.4, -0.2) is 27.5 Å². The summed E-state index contributed by atoms with van der Waals surface area (Å²) in [5.41, 5.74) is 0.0172. The first kappa shape index (κ1) is 16.0. The molecule has 0 spiro atoms. The summed E-state index contributed by atoms with van der Waals surface area (Å²) in [4.78, 5) is 23.7. The Kier molecular flexibility index (Phi) is 5.00. The van der Waals surface area contributed by atoms with Crippen molar-refractivity contribution in [2.75, 3.05) is 10.7 Å². The molecule has 0 aliphatic heterocycles. The molecule has 0 aliphatic carbocycles. The van der Waals surface area contributed by atoms with Crippen LogP contribution >= 0.6 is 31.9 Å². The van der Waals surface area contributed by atoms with Gasteiger partial charge in [-0.2, -0.15) is 0 Å². The Hall–Kier alpha value is -1.40. The molecular weight excluding hydrogens is 404 g/mol. The minimum Gasteiger partial charge on any atom is -0.481 e. The van der Waals surface area contributed by atoms with Gasteiger partial charge in [-0.15, -0.1) is 0 Å². The molecule has 110 valence electrons. The lowest BCUT2D eigenvalue weighted by Gasteiger charge is -2.25. The van der Waals surface area contributed by atoms with E-state index in [1.807, 2.05) is 0 Å². The molecule has 1 aromatic heterocycles. The molecular formula is C15H12Br2O4. The van der Waals surface area contributed by atoms with Gasteiger partial charge in [-0.1, -0.05) is 56.1 Å². The number of aliphatic carboxylic acids is 1. The highest BCUT2D eigenvalue weighted by atomic mass is 79.9. The van der Waals surface area contributed by atoms with E-state index in [0.29, 0.717) is 11.1 Å². The van der Waals surface area contributed by atoms with E-state index in [1.54, 1.807) is 36.4 Å². The Labute approximate surface area is 138 Å². The molecule has 2 rings (SSSR count). The summed E-state index contributed by atoms with van der Waals surface area (Å²) in [5, 5.41) is 10.0. The van der Waals surface area contributed by atoms with Crippen molar-refractivity contribution < 1.29 is 19.1 Å². The monoisotopic (exact) mass is 414 g/mol. The van der Waals surface area contributed by atoms with Crippen LogP contribution in [0.15, 0.2) is 47.1 Å². The van der Waals surface area contributed by atoms with Gasteiger partial charge in [0.2, 0.25) is 5.78 Å². The molecule has 0 radical (unpaired) electrons. The number of halogens is 2. The van der Waals surface area contributed by atoms with Gasteiger partial charge in [-0.05, 0) is 17.7 Å². The largest absolute Gasteiger partial charge is 0.481 e. The molecule has 0 unspecified atom stereocenters. The molecule has 0 saturated carbocycles. The van der Waals surface area contributed by atoms with Gasteiger partial charge in [-0.25, -0.2) is 0 Å².